The number of aromatic nitrogens is 2. The van der Waals surface area contributed by atoms with Gasteiger partial charge in [0.2, 0.25) is 0 Å². The molecule has 1 aromatic carbocycles. The SMILES string of the molecule is CCOc1ccc2nc(NC(=O)c3sc4nc(C)cc(C)c4c3N)sc2c1. The van der Waals surface area contributed by atoms with Gasteiger partial charge in [-0.25, -0.2) is 9.97 Å². The summed E-state index contributed by atoms with van der Waals surface area (Å²) >= 11 is 2.71. The molecule has 0 bridgehead atoms. The van der Waals surface area contributed by atoms with E-state index < -0.39 is 0 Å². The van der Waals surface area contributed by atoms with Crippen LogP contribution in [0.3, 0.4) is 0 Å². The number of nitrogen functional groups attached to an aromatic ring is 1. The molecule has 0 fully saturated rings. The molecule has 0 radical (unpaired) electrons. The summed E-state index contributed by atoms with van der Waals surface area (Å²) < 4.78 is 6.47. The molecule has 3 N–H and O–H groups in total. The average Bonchev–Trinajstić information content (AvgIpc) is 3.15. The number of hydrogen-bond acceptors (Lipinski definition) is 7. The fraction of sp³-hybridized carbons (Fsp3) is 0.211. The molecule has 0 saturated heterocycles. The van der Waals surface area contributed by atoms with Crippen molar-refractivity contribution < 1.29 is 9.53 Å². The molecule has 27 heavy (non-hydrogen) atoms. The minimum atomic E-state index is -0.267. The number of rotatable bonds is 4. The number of thiazole rings is 1. The summed E-state index contributed by atoms with van der Waals surface area (Å²) in [6, 6.07) is 7.65. The average molecular weight is 399 g/mol. The lowest BCUT2D eigenvalue weighted by Gasteiger charge is -2.01. The minimum Gasteiger partial charge on any atom is -0.494 e. The second-order valence-corrected chi connectivity index (χ2v) is 8.17. The first-order chi connectivity index (χ1) is 13.0. The van der Waals surface area contributed by atoms with E-state index in [9.17, 15) is 4.79 Å². The molecule has 0 aliphatic heterocycles. The highest BCUT2D eigenvalue weighted by Gasteiger charge is 2.20. The molecule has 6 nitrogen and oxygen atoms in total. The zero-order valence-electron chi connectivity index (χ0n) is 15.1. The van der Waals surface area contributed by atoms with Crippen molar-refractivity contribution in [2.75, 3.05) is 17.7 Å². The Labute approximate surface area is 164 Å². The van der Waals surface area contributed by atoms with Gasteiger partial charge in [0.05, 0.1) is 22.5 Å². The van der Waals surface area contributed by atoms with Crippen LogP contribution in [0.25, 0.3) is 20.4 Å². The number of carbonyl (C=O) groups is 1. The van der Waals surface area contributed by atoms with Crippen molar-refractivity contribution in [3.63, 3.8) is 0 Å². The number of nitrogens with zero attached hydrogens (tertiary/aromatic N) is 2. The molecular weight excluding hydrogens is 380 g/mol. The van der Waals surface area contributed by atoms with Crippen molar-refractivity contribution >= 4 is 59.8 Å². The normalized spacial score (nSPS) is 11.2. The summed E-state index contributed by atoms with van der Waals surface area (Å²) in [5.41, 5.74) is 9.46. The molecule has 4 rings (SSSR count). The molecule has 8 heteroatoms. The fourth-order valence-electron chi connectivity index (χ4n) is 3.01. The quantitative estimate of drug-likeness (QED) is 0.517. The van der Waals surface area contributed by atoms with E-state index in [2.05, 4.69) is 15.3 Å². The molecule has 138 valence electrons. The van der Waals surface area contributed by atoms with E-state index in [1.54, 1.807) is 0 Å². The Kier molecular flexibility index (Phi) is 4.45. The standard InChI is InChI=1S/C19H18N4O2S2/c1-4-25-11-5-6-12-13(8-11)26-19(22-12)23-17(24)16-15(20)14-9(2)7-10(3)21-18(14)27-16/h5-8H,4,20H2,1-3H3,(H,22,23,24). The predicted octanol–water partition coefficient (Wildman–Crippen LogP) is 4.76. The van der Waals surface area contributed by atoms with Crippen LogP contribution in [0.4, 0.5) is 10.8 Å². The summed E-state index contributed by atoms with van der Waals surface area (Å²) in [5.74, 6) is 0.522. The number of amides is 1. The van der Waals surface area contributed by atoms with Gasteiger partial charge in [0.25, 0.3) is 5.91 Å². The maximum atomic E-state index is 12.8. The Bertz CT molecular complexity index is 1180. The third kappa shape index (κ3) is 3.22. The molecule has 4 aromatic rings. The van der Waals surface area contributed by atoms with Crippen LogP contribution in [-0.4, -0.2) is 22.5 Å². The molecule has 0 unspecified atom stereocenters. The van der Waals surface area contributed by atoms with Crippen molar-refractivity contribution in [1.29, 1.82) is 0 Å². The Morgan fingerprint density at radius 3 is 2.81 bits per heavy atom. The number of anilines is 2. The number of fused-ring (bicyclic) bond motifs is 2. The van der Waals surface area contributed by atoms with Gasteiger partial charge in [-0.05, 0) is 50.6 Å². The number of pyridine rings is 1. The van der Waals surface area contributed by atoms with Crippen LogP contribution in [0.15, 0.2) is 24.3 Å². The van der Waals surface area contributed by atoms with E-state index in [0.717, 1.165) is 37.4 Å². The lowest BCUT2D eigenvalue weighted by Crippen LogP contribution is -2.11. The van der Waals surface area contributed by atoms with Gasteiger partial charge < -0.3 is 10.5 Å². The zero-order valence-corrected chi connectivity index (χ0v) is 16.8. The third-order valence-electron chi connectivity index (χ3n) is 4.12. The maximum absolute atomic E-state index is 12.8. The Morgan fingerprint density at radius 2 is 2.04 bits per heavy atom. The summed E-state index contributed by atoms with van der Waals surface area (Å²) in [5, 5.41) is 4.24. The lowest BCUT2D eigenvalue weighted by atomic mass is 10.1. The highest BCUT2D eigenvalue weighted by atomic mass is 32.1. The highest BCUT2D eigenvalue weighted by Crippen LogP contribution is 2.36. The van der Waals surface area contributed by atoms with Crippen LogP contribution < -0.4 is 15.8 Å². The van der Waals surface area contributed by atoms with E-state index in [0.29, 0.717) is 22.3 Å². The van der Waals surface area contributed by atoms with Gasteiger partial charge >= 0.3 is 0 Å². The van der Waals surface area contributed by atoms with Crippen LogP contribution in [0.5, 0.6) is 5.75 Å². The van der Waals surface area contributed by atoms with E-state index in [1.165, 1.54) is 22.7 Å². The van der Waals surface area contributed by atoms with Gasteiger partial charge in [-0.1, -0.05) is 11.3 Å². The number of thiophene rings is 1. The number of aryl methyl sites for hydroxylation is 2. The Morgan fingerprint density at radius 1 is 1.22 bits per heavy atom. The number of hydrogen-bond donors (Lipinski definition) is 2. The molecule has 0 aliphatic carbocycles. The monoisotopic (exact) mass is 398 g/mol. The van der Waals surface area contributed by atoms with E-state index in [1.807, 2.05) is 45.0 Å². The first-order valence-electron chi connectivity index (χ1n) is 8.47. The van der Waals surface area contributed by atoms with E-state index in [4.69, 9.17) is 10.5 Å². The van der Waals surface area contributed by atoms with Gasteiger partial charge in [0, 0.05) is 11.1 Å². The number of nitrogens with one attached hydrogen (secondary N) is 1. The first-order valence-corrected chi connectivity index (χ1v) is 10.1. The summed E-state index contributed by atoms with van der Waals surface area (Å²) in [6.07, 6.45) is 0. The highest BCUT2D eigenvalue weighted by molar-refractivity contribution is 7.23. The van der Waals surface area contributed by atoms with Gasteiger partial charge in [-0.3, -0.25) is 10.1 Å². The lowest BCUT2D eigenvalue weighted by molar-refractivity contribution is 0.103. The number of nitrogens with two attached hydrogens (primary N) is 1. The molecule has 0 spiro atoms. The topological polar surface area (TPSA) is 90.1 Å². The van der Waals surface area contributed by atoms with Crippen molar-refractivity contribution in [3.8, 4) is 5.75 Å². The molecule has 3 heterocycles. The maximum Gasteiger partial charge on any atom is 0.269 e. The zero-order chi connectivity index (χ0) is 19.1. The molecule has 0 aliphatic rings. The largest absolute Gasteiger partial charge is 0.494 e. The van der Waals surface area contributed by atoms with E-state index >= 15 is 0 Å². The van der Waals surface area contributed by atoms with Crippen LogP contribution >= 0.6 is 22.7 Å². The summed E-state index contributed by atoms with van der Waals surface area (Å²) in [7, 11) is 0. The predicted molar refractivity (Wildman–Crippen MR) is 112 cm³/mol. The second-order valence-electron chi connectivity index (χ2n) is 6.14. The van der Waals surface area contributed by atoms with Gasteiger partial charge in [-0.2, -0.15) is 0 Å². The molecule has 3 aromatic heterocycles. The number of ether oxygens (including phenoxy) is 1. The molecular formula is C19H18N4O2S2. The molecule has 1 amide bonds. The molecule has 0 saturated carbocycles. The van der Waals surface area contributed by atoms with Gasteiger partial charge in [0.15, 0.2) is 5.13 Å². The molecule has 0 atom stereocenters. The first kappa shape index (κ1) is 17.7. The Hall–Kier alpha value is -2.71. The summed E-state index contributed by atoms with van der Waals surface area (Å²) in [4.78, 5) is 23.0. The van der Waals surface area contributed by atoms with Gasteiger partial charge in [-0.15, -0.1) is 11.3 Å². The van der Waals surface area contributed by atoms with Crippen LogP contribution in [-0.2, 0) is 0 Å². The van der Waals surface area contributed by atoms with Gasteiger partial charge in [0.1, 0.15) is 15.5 Å². The second kappa shape index (κ2) is 6.79. The van der Waals surface area contributed by atoms with Crippen molar-refractivity contribution in [1.82, 2.24) is 9.97 Å². The summed E-state index contributed by atoms with van der Waals surface area (Å²) in [6.45, 7) is 6.45. The number of benzene rings is 1. The number of carbonyl (C=O) groups excluding carboxylic acids is 1. The fourth-order valence-corrected chi connectivity index (χ4v) is 5.01. The van der Waals surface area contributed by atoms with Crippen LogP contribution in [0, 0.1) is 13.8 Å². The van der Waals surface area contributed by atoms with Crippen LogP contribution in [0.2, 0.25) is 0 Å². The third-order valence-corrected chi connectivity index (χ3v) is 6.15. The van der Waals surface area contributed by atoms with E-state index in [-0.39, 0.29) is 5.91 Å². The van der Waals surface area contributed by atoms with Crippen molar-refractivity contribution in [2.24, 2.45) is 0 Å². The minimum absolute atomic E-state index is 0.267. The Balaban J connectivity index is 1.66. The van der Waals surface area contributed by atoms with Crippen molar-refractivity contribution in [2.45, 2.75) is 20.8 Å². The smallest absolute Gasteiger partial charge is 0.269 e. The van der Waals surface area contributed by atoms with Crippen molar-refractivity contribution in [3.05, 3.63) is 40.4 Å². The van der Waals surface area contributed by atoms with Crippen LogP contribution in [0.1, 0.15) is 27.9 Å².